The van der Waals surface area contributed by atoms with E-state index in [0.29, 0.717) is 16.7 Å². The SMILES string of the molecule is ClC(Cl)Cl.O=c1cc(-c2ccccc2)oc2ccccc12. The van der Waals surface area contributed by atoms with E-state index in [4.69, 9.17) is 39.2 Å². The fraction of sp³-hybridized carbons (Fsp3) is 0.0625. The van der Waals surface area contributed by atoms with Gasteiger partial charge in [-0.3, -0.25) is 4.79 Å². The van der Waals surface area contributed by atoms with Crippen LogP contribution in [0.2, 0.25) is 0 Å². The molecule has 1 aromatic heterocycles. The van der Waals surface area contributed by atoms with Crippen LogP contribution >= 0.6 is 34.8 Å². The summed E-state index contributed by atoms with van der Waals surface area (Å²) in [5.74, 6) is 0.606. The molecular formula is C16H11Cl3O2. The normalized spacial score (nSPS) is 10.3. The molecule has 0 radical (unpaired) electrons. The summed E-state index contributed by atoms with van der Waals surface area (Å²) in [4.78, 5) is 11.9. The van der Waals surface area contributed by atoms with Gasteiger partial charge < -0.3 is 4.42 Å². The first-order valence-corrected chi connectivity index (χ1v) is 7.39. The maximum Gasteiger partial charge on any atom is 0.193 e. The molecule has 3 aromatic rings. The van der Waals surface area contributed by atoms with Crippen LogP contribution in [0, 0.1) is 0 Å². The largest absolute Gasteiger partial charge is 0.456 e. The summed E-state index contributed by atoms with van der Waals surface area (Å²) in [6.07, 6.45) is 0. The summed E-state index contributed by atoms with van der Waals surface area (Å²) in [6.45, 7) is 0. The molecule has 0 fully saturated rings. The van der Waals surface area contributed by atoms with Gasteiger partial charge in [0.2, 0.25) is 0 Å². The lowest BCUT2D eigenvalue weighted by Crippen LogP contribution is -1.99. The zero-order valence-electron chi connectivity index (χ0n) is 10.8. The van der Waals surface area contributed by atoms with E-state index in [2.05, 4.69) is 0 Å². The highest BCUT2D eigenvalue weighted by atomic mass is 35.6. The Morgan fingerprint density at radius 3 is 2.10 bits per heavy atom. The maximum absolute atomic E-state index is 11.9. The third-order valence-electron chi connectivity index (χ3n) is 2.69. The van der Waals surface area contributed by atoms with E-state index in [1.807, 2.05) is 48.5 Å². The van der Waals surface area contributed by atoms with Gasteiger partial charge >= 0.3 is 0 Å². The monoisotopic (exact) mass is 340 g/mol. The quantitative estimate of drug-likeness (QED) is 0.551. The zero-order valence-corrected chi connectivity index (χ0v) is 13.1. The Hall–Kier alpha value is -1.48. The Bertz CT molecular complexity index is 764. The second kappa shape index (κ2) is 7.51. The Kier molecular flexibility index (Phi) is 5.68. The van der Waals surface area contributed by atoms with Crippen LogP contribution in [0.25, 0.3) is 22.3 Å². The van der Waals surface area contributed by atoms with Crippen molar-refractivity contribution in [3.05, 3.63) is 70.9 Å². The summed E-state index contributed by atoms with van der Waals surface area (Å²) >= 11 is 14.4. The molecule has 3 rings (SSSR count). The summed E-state index contributed by atoms with van der Waals surface area (Å²) in [5, 5.41) is 0.618. The van der Waals surface area contributed by atoms with Crippen molar-refractivity contribution in [3.8, 4) is 11.3 Å². The molecule has 21 heavy (non-hydrogen) atoms. The molecule has 108 valence electrons. The Morgan fingerprint density at radius 2 is 1.43 bits per heavy atom. The standard InChI is InChI=1S/C15H10O2.CHCl3/c16-13-10-15(11-6-2-1-3-7-11)17-14-9-5-4-8-12(13)14;2-1(3)4/h1-10H;1H. The minimum atomic E-state index is -0.750. The van der Waals surface area contributed by atoms with Crippen LogP contribution in [0.5, 0.6) is 0 Å². The van der Waals surface area contributed by atoms with Crippen molar-refractivity contribution < 1.29 is 4.42 Å². The topological polar surface area (TPSA) is 30.2 Å². The molecule has 0 saturated carbocycles. The molecule has 0 aliphatic carbocycles. The second-order valence-corrected chi connectivity index (χ2v) is 6.06. The predicted octanol–water partition coefficient (Wildman–Crippen LogP) is 5.45. The van der Waals surface area contributed by atoms with Gasteiger partial charge in [-0.2, -0.15) is 0 Å². The number of rotatable bonds is 1. The van der Waals surface area contributed by atoms with Crippen LogP contribution in [-0.2, 0) is 0 Å². The minimum absolute atomic E-state index is 0.00861. The van der Waals surface area contributed by atoms with Gasteiger partial charge in [-0.15, -0.1) is 0 Å². The third-order valence-corrected chi connectivity index (χ3v) is 2.69. The number of fused-ring (bicyclic) bond motifs is 1. The molecule has 0 atom stereocenters. The molecule has 5 heteroatoms. The predicted molar refractivity (Wildman–Crippen MR) is 89.3 cm³/mol. The summed E-state index contributed by atoms with van der Waals surface area (Å²) in [7, 11) is 0. The van der Waals surface area contributed by atoms with Gasteiger partial charge in [-0.25, -0.2) is 0 Å². The molecule has 0 saturated heterocycles. The highest BCUT2D eigenvalue weighted by molar-refractivity contribution is 6.63. The van der Waals surface area contributed by atoms with Gasteiger partial charge in [0.05, 0.1) is 5.39 Å². The van der Waals surface area contributed by atoms with E-state index in [1.54, 1.807) is 6.07 Å². The van der Waals surface area contributed by atoms with Gasteiger partial charge in [0.15, 0.2) is 9.72 Å². The Balaban J connectivity index is 0.000000361. The smallest absolute Gasteiger partial charge is 0.193 e. The van der Waals surface area contributed by atoms with Crippen LogP contribution in [0.3, 0.4) is 0 Å². The molecule has 0 amide bonds. The van der Waals surface area contributed by atoms with Crippen LogP contribution in [0.4, 0.5) is 0 Å². The fourth-order valence-electron chi connectivity index (χ4n) is 1.85. The van der Waals surface area contributed by atoms with Crippen molar-refractivity contribution in [2.24, 2.45) is 0 Å². The van der Waals surface area contributed by atoms with Gasteiger partial charge in [0.1, 0.15) is 11.3 Å². The lowest BCUT2D eigenvalue weighted by molar-refractivity contribution is 0.619. The van der Waals surface area contributed by atoms with Gasteiger partial charge in [-0.05, 0) is 12.1 Å². The average Bonchev–Trinajstić information content (AvgIpc) is 2.47. The minimum Gasteiger partial charge on any atom is -0.456 e. The highest BCUT2D eigenvalue weighted by Gasteiger charge is 2.05. The summed E-state index contributed by atoms with van der Waals surface area (Å²) in [5.41, 5.74) is 1.53. The van der Waals surface area contributed by atoms with Crippen molar-refractivity contribution in [1.82, 2.24) is 0 Å². The maximum atomic E-state index is 11.9. The van der Waals surface area contributed by atoms with Crippen molar-refractivity contribution in [2.75, 3.05) is 0 Å². The molecule has 0 aliphatic rings. The van der Waals surface area contributed by atoms with E-state index >= 15 is 0 Å². The number of para-hydroxylation sites is 1. The molecule has 0 N–H and O–H groups in total. The van der Waals surface area contributed by atoms with E-state index in [-0.39, 0.29) is 5.43 Å². The van der Waals surface area contributed by atoms with E-state index in [1.165, 1.54) is 6.07 Å². The first kappa shape index (κ1) is 15.9. The lowest BCUT2D eigenvalue weighted by atomic mass is 10.1. The van der Waals surface area contributed by atoms with Gasteiger partial charge in [0, 0.05) is 11.6 Å². The van der Waals surface area contributed by atoms with Crippen molar-refractivity contribution in [2.45, 2.75) is 4.30 Å². The first-order valence-electron chi connectivity index (χ1n) is 6.08. The van der Waals surface area contributed by atoms with E-state index < -0.39 is 4.30 Å². The highest BCUT2D eigenvalue weighted by Crippen LogP contribution is 2.21. The number of benzene rings is 2. The summed E-state index contributed by atoms with van der Waals surface area (Å²) < 4.78 is 4.98. The van der Waals surface area contributed by atoms with Crippen LogP contribution in [-0.4, -0.2) is 4.30 Å². The zero-order chi connectivity index (χ0) is 15.2. The summed E-state index contributed by atoms with van der Waals surface area (Å²) in [6, 6.07) is 18.4. The number of halogens is 3. The molecule has 0 aliphatic heterocycles. The van der Waals surface area contributed by atoms with Gasteiger partial charge in [0.25, 0.3) is 0 Å². The van der Waals surface area contributed by atoms with Crippen LogP contribution < -0.4 is 5.43 Å². The second-order valence-electron chi connectivity index (χ2n) is 4.08. The molecule has 2 nitrogen and oxygen atoms in total. The van der Waals surface area contributed by atoms with E-state index in [0.717, 1.165) is 5.56 Å². The Labute approximate surface area is 136 Å². The lowest BCUT2D eigenvalue weighted by Gasteiger charge is -2.02. The number of alkyl halides is 3. The van der Waals surface area contributed by atoms with Crippen molar-refractivity contribution in [1.29, 1.82) is 0 Å². The van der Waals surface area contributed by atoms with E-state index in [9.17, 15) is 4.79 Å². The first-order chi connectivity index (χ1) is 10.1. The average molecular weight is 342 g/mol. The van der Waals surface area contributed by atoms with Crippen LogP contribution in [0.15, 0.2) is 69.9 Å². The molecular weight excluding hydrogens is 331 g/mol. The Morgan fingerprint density at radius 1 is 0.857 bits per heavy atom. The molecule has 0 spiro atoms. The van der Waals surface area contributed by atoms with Gasteiger partial charge in [-0.1, -0.05) is 77.3 Å². The van der Waals surface area contributed by atoms with Crippen LogP contribution in [0.1, 0.15) is 0 Å². The molecule has 1 heterocycles. The molecule has 0 bridgehead atoms. The fourth-order valence-corrected chi connectivity index (χ4v) is 1.85. The number of hydrogen-bond donors (Lipinski definition) is 0. The third kappa shape index (κ3) is 4.50. The van der Waals surface area contributed by atoms with Crippen molar-refractivity contribution in [3.63, 3.8) is 0 Å². The molecule has 2 aromatic carbocycles. The molecule has 0 unspecified atom stereocenters. The number of hydrogen-bond acceptors (Lipinski definition) is 2. The van der Waals surface area contributed by atoms with Crippen molar-refractivity contribution >= 4 is 45.8 Å².